The van der Waals surface area contributed by atoms with Gasteiger partial charge in [-0.2, -0.15) is 24.4 Å². The summed E-state index contributed by atoms with van der Waals surface area (Å²) in [4.78, 5) is 22.4. The van der Waals surface area contributed by atoms with E-state index in [1.165, 1.54) is 11.8 Å². The molecule has 0 aliphatic rings. The number of Topliss-reactive ketones (excluding diaryl/α,β-unsaturated/α-hetero) is 2. The Morgan fingerprint density at radius 1 is 0.857 bits per heavy atom. The molecule has 0 spiro atoms. The standard InChI is InChI=1S/C10H12O2S.C8H7BrO.C2H6OS.BrH/c11-6-7-13-8-10(12)9-4-2-1-3-5-9;9-6-8(10)7-4-2-1-3-5-7;3-1-2-4;/h1-5,11H,6-8H2;1-5H,6H2;3-4H,1-2H2;1H. The van der Waals surface area contributed by atoms with Crippen LogP contribution in [0.3, 0.4) is 0 Å². The number of carbonyl (C=O) groups excluding carboxylic acids is 2. The smallest absolute Gasteiger partial charge is 0.173 e. The van der Waals surface area contributed by atoms with E-state index in [0.717, 1.165) is 11.1 Å². The minimum atomic E-state index is 0. The van der Waals surface area contributed by atoms with Crippen molar-refractivity contribution in [3.05, 3.63) is 71.8 Å². The number of hydrogen-bond donors (Lipinski definition) is 3. The van der Waals surface area contributed by atoms with Gasteiger partial charge in [0.2, 0.25) is 0 Å². The number of hydrogen-bond acceptors (Lipinski definition) is 6. The van der Waals surface area contributed by atoms with Crippen molar-refractivity contribution in [1.82, 2.24) is 0 Å². The van der Waals surface area contributed by atoms with Crippen LogP contribution in [-0.4, -0.2) is 57.6 Å². The van der Waals surface area contributed by atoms with Gasteiger partial charge >= 0.3 is 0 Å². The van der Waals surface area contributed by atoms with Crippen LogP contribution in [0.2, 0.25) is 0 Å². The van der Waals surface area contributed by atoms with Gasteiger partial charge in [0.15, 0.2) is 11.6 Å². The van der Waals surface area contributed by atoms with Crippen LogP contribution in [0.25, 0.3) is 0 Å². The Hall–Kier alpha value is -0.640. The van der Waals surface area contributed by atoms with Crippen molar-refractivity contribution in [3.63, 3.8) is 0 Å². The van der Waals surface area contributed by atoms with Crippen molar-refractivity contribution in [1.29, 1.82) is 0 Å². The third-order valence-corrected chi connectivity index (χ3v) is 4.53. The molecule has 2 rings (SSSR count). The average molecular weight is 554 g/mol. The van der Waals surface area contributed by atoms with E-state index in [4.69, 9.17) is 10.2 Å². The van der Waals surface area contributed by atoms with E-state index in [9.17, 15) is 9.59 Å². The molecule has 2 N–H and O–H groups in total. The molecule has 4 nitrogen and oxygen atoms in total. The van der Waals surface area contributed by atoms with E-state index < -0.39 is 0 Å². The predicted octanol–water partition coefficient (Wildman–Crippen LogP) is 4.35. The van der Waals surface area contributed by atoms with Crippen LogP contribution in [0.1, 0.15) is 20.7 Å². The summed E-state index contributed by atoms with van der Waals surface area (Å²) in [5.74, 6) is 1.89. The fourth-order valence-corrected chi connectivity index (χ4v) is 2.59. The minimum absolute atomic E-state index is 0. The number of rotatable bonds is 8. The molecule has 28 heavy (non-hydrogen) atoms. The number of benzene rings is 2. The average Bonchev–Trinajstić information content (AvgIpc) is 2.75. The Bertz CT molecular complexity index is 627. The number of aliphatic hydroxyl groups is 2. The molecule has 0 aliphatic heterocycles. The van der Waals surface area contributed by atoms with Crippen molar-refractivity contribution < 1.29 is 19.8 Å². The third-order valence-electron chi connectivity index (χ3n) is 2.88. The molecule has 156 valence electrons. The van der Waals surface area contributed by atoms with Crippen LogP contribution in [0.4, 0.5) is 0 Å². The number of carbonyl (C=O) groups is 2. The Kier molecular flexibility index (Phi) is 22.3. The lowest BCUT2D eigenvalue weighted by Crippen LogP contribution is -2.03. The molecule has 0 radical (unpaired) electrons. The largest absolute Gasteiger partial charge is 0.396 e. The zero-order valence-electron chi connectivity index (χ0n) is 15.4. The molecule has 0 aromatic heterocycles. The molecule has 0 saturated heterocycles. The number of thiol groups is 1. The van der Waals surface area contributed by atoms with Crippen molar-refractivity contribution >= 4 is 68.9 Å². The number of aliphatic hydroxyl groups excluding tert-OH is 2. The Morgan fingerprint density at radius 2 is 1.29 bits per heavy atom. The quantitative estimate of drug-likeness (QED) is 0.196. The second-order valence-electron chi connectivity index (χ2n) is 4.94. The molecule has 0 atom stereocenters. The molecular weight excluding hydrogens is 528 g/mol. The van der Waals surface area contributed by atoms with Gasteiger partial charge in [-0.25, -0.2) is 0 Å². The number of ketones is 2. The van der Waals surface area contributed by atoms with Crippen LogP contribution in [0.5, 0.6) is 0 Å². The lowest BCUT2D eigenvalue weighted by molar-refractivity contribution is 0.101. The monoisotopic (exact) mass is 552 g/mol. The first-order valence-electron chi connectivity index (χ1n) is 8.23. The highest BCUT2D eigenvalue weighted by Gasteiger charge is 2.03. The number of halogens is 2. The van der Waals surface area contributed by atoms with E-state index in [1.54, 1.807) is 0 Å². The molecule has 0 saturated carbocycles. The van der Waals surface area contributed by atoms with E-state index in [2.05, 4.69) is 28.6 Å². The Labute approximate surface area is 195 Å². The van der Waals surface area contributed by atoms with Crippen molar-refractivity contribution in [2.75, 3.05) is 35.8 Å². The van der Waals surface area contributed by atoms with Crippen LogP contribution in [0.15, 0.2) is 60.7 Å². The lowest BCUT2D eigenvalue weighted by atomic mass is 10.2. The summed E-state index contributed by atoms with van der Waals surface area (Å²) in [6, 6.07) is 18.4. The summed E-state index contributed by atoms with van der Waals surface area (Å²) in [6.45, 7) is 0.315. The molecule has 0 aliphatic carbocycles. The highest BCUT2D eigenvalue weighted by molar-refractivity contribution is 9.09. The summed E-state index contributed by atoms with van der Waals surface area (Å²) in [6.07, 6.45) is 0. The fourth-order valence-electron chi connectivity index (χ4n) is 1.64. The van der Waals surface area contributed by atoms with Gasteiger partial charge in [-0.3, -0.25) is 9.59 Å². The molecule has 8 heteroatoms. The van der Waals surface area contributed by atoms with Crippen LogP contribution >= 0.6 is 57.3 Å². The molecular formula is C20H26Br2O4S2. The van der Waals surface area contributed by atoms with Crippen molar-refractivity contribution in [2.45, 2.75) is 0 Å². The Balaban J connectivity index is 0. The zero-order chi connectivity index (χ0) is 20.3. The van der Waals surface area contributed by atoms with Gasteiger partial charge in [-0.1, -0.05) is 76.6 Å². The van der Waals surface area contributed by atoms with Gasteiger partial charge in [0.05, 0.1) is 24.3 Å². The molecule has 0 heterocycles. The zero-order valence-corrected chi connectivity index (χ0v) is 20.4. The normalized spacial score (nSPS) is 9.00. The number of alkyl halides is 1. The van der Waals surface area contributed by atoms with E-state index in [1.807, 2.05) is 60.7 Å². The molecule has 2 aromatic rings. The predicted molar refractivity (Wildman–Crippen MR) is 131 cm³/mol. The van der Waals surface area contributed by atoms with Gasteiger partial charge in [0, 0.05) is 22.6 Å². The van der Waals surface area contributed by atoms with Crippen LogP contribution in [0, 0.1) is 0 Å². The maximum atomic E-state index is 11.4. The molecule has 0 unspecified atom stereocenters. The maximum absolute atomic E-state index is 11.4. The molecule has 0 fully saturated rings. The first-order valence-corrected chi connectivity index (χ1v) is 11.1. The maximum Gasteiger partial charge on any atom is 0.173 e. The summed E-state index contributed by atoms with van der Waals surface area (Å²) >= 11 is 8.23. The molecule has 2 aromatic carbocycles. The van der Waals surface area contributed by atoms with E-state index in [-0.39, 0.29) is 41.8 Å². The summed E-state index contributed by atoms with van der Waals surface area (Å²) < 4.78 is 0. The molecule has 0 bridgehead atoms. The first kappa shape index (κ1) is 29.6. The minimum Gasteiger partial charge on any atom is -0.396 e. The van der Waals surface area contributed by atoms with Gasteiger partial charge < -0.3 is 10.2 Å². The second-order valence-corrected chi connectivity index (χ2v) is 7.05. The fraction of sp³-hybridized carbons (Fsp3) is 0.300. The lowest BCUT2D eigenvalue weighted by Gasteiger charge is -1.98. The first-order chi connectivity index (χ1) is 13.1. The topological polar surface area (TPSA) is 74.6 Å². The van der Waals surface area contributed by atoms with Crippen molar-refractivity contribution in [2.24, 2.45) is 0 Å². The summed E-state index contributed by atoms with van der Waals surface area (Å²) in [5.41, 5.74) is 1.51. The highest BCUT2D eigenvalue weighted by atomic mass is 79.9. The summed E-state index contributed by atoms with van der Waals surface area (Å²) in [5, 5.41) is 16.7. The van der Waals surface area contributed by atoms with Crippen LogP contribution < -0.4 is 0 Å². The van der Waals surface area contributed by atoms with Gasteiger partial charge in [-0.15, -0.1) is 17.0 Å². The Morgan fingerprint density at radius 3 is 1.64 bits per heavy atom. The number of thioether (sulfide) groups is 1. The SMILES string of the molecule is Br.O=C(CBr)c1ccccc1.O=C(CSCCO)c1ccccc1.OCCS. The van der Waals surface area contributed by atoms with E-state index >= 15 is 0 Å². The van der Waals surface area contributed by atoms with E-state index in [0.29, 0.717) is 22.6 Å². The highest BCUT2D eigenvalue weighted by Crippen LogP contribution is 2.06. The van der Waals surface area contributed by atoms with Gasteiger partial charge in [-0.05, 0) is 0 Å². The van der Waals surface area contributed by atoms with Crippen LogP contribution in [-0.2, 0) is 0 Å². The third kappa shape index (κ3) is 15.3. The summed E-state index contributed by atoms with van der Waals surface area (Å²) in [7, 11) is 0. The van der Waals surface area contributed by atoms with Crippen molar-refractivity contribution in [3.8, 4) is 0 Å². The second kappa shape index (κ2) is 21.1. The van der Waals surface area contributed by atoms with Gasteiger partial charge in [0.1, 0.15) is 0 Å². The molecule has 0 amide bonds. The van der Waals surface area contributed by atoms with Gasteiger partial charge in [0.25, 0.3) is 0 Å².